The van der Waals surface area contributed by atoms with E-state index in [1.165, 1.54) is 50.3 Å². The molecule has 1 aliphatic heterocycles. The molecular weight excluding hydrogens is 238 g/mol. The van der Waals surface area contributed by atoms with Gasteiger partial charge >= 0.3 is 6.09 Å². The smallest absolute Gasteiger partial charge is 0.409 e. The van der Waals surface area contributed by atoms with Gasteiger partial charge in [0.05, 0.1) is 7.11 Å². The van der Waals surface area contributed by atoms with Crippen LogP contribution in [0.15, 0.2) is 24.3 Å². The first kappa shape index (κ1) is 12.5. The normalized spacial score (nSPS) is 21.0. The van der Waals surface area contributed by atoms with Crippen LogP contribution in [-0.2, 0) is 16.7 Å². The Morgan fingerprint density at radius 3 is 2.68 bits per heavy atom. The molecule has 19 heavy (non-hydrogen) atoms. The van der Waals surface area contributed by atoms with Gasteiger partial charge in [-0.25, -0.2) is 4.79 Å². The van der Waals surface area contributed by atoms with Crippen molar-refractivity contribution in [2.75, 3.05) is 13.7 Å². The predicted molar refractivity (Wildman–Crippen MR) is 74.0 cm³/mol. The highest BCUT2D eigenvalue weighted by Crippen LogP contribution is 2.44. The van der Waals surface area contributed by atoms with Gasteiger partial charge in [-0.2, -0.15) is 0 Å². The lowest BCUT2D eigenvalue weighted by Gasteiger charge is -2.46. The standard InChI is InChI=1S/C16H21NO2/c1-19-15(18)17-11-13-7-3-4-8-14(13)16(12-17)9-5-2-6-10-16/h3-4,7-8H,2,5-6,9-12H2,1H3. The van der Waals surface area contributed by atoms with Gasteiger partial charge in [0.25, 0.3) is 0 Å². The Labute approximate surface area is 114 Å². The van der Waals surface area contributed by atoms with Crippen LogP contribution in [0.1, 0.15) is 43.2 Å². The number of ether oxygens (including phenoxy) is 1. The quantitative estimate of drug-likeness (QED) is 0.714. The SMILES string of the molecule is COC(=O)N1Cc2ccccc2C2(CCCCC2)C1. The molecule has 1 aromatic carbocycles. The lowest BCUT2D eigenvalue weighted by Crippen LogP contribution is -2.48. The van der Waals surface area contributed by atoms with Crippen molar-refractivity contribution < 1.29 is 9.53 Å². The summed E-state index contributed by atoms with van der Waals surface area (Å²) >= 11 is 0. The maximum absolute atomic E-state index is 11.9. The van der Waals surface area contributed by atoms with Gasteiger partial charge in [-0.05, 0) is 24.0 Å². The summed E-state index contributed by atoms with van der Waals surface area (Å²) in [5, 5.41) is 0. The van der Waals surface area contributed by atoms with Crippen LogP contribution in [0.25, 0.3) is 0 Å². The van der Waals surface area contributed by atoms with Crippen molar-refractivity contribution in [3.05, 3.63) is 35.4 Å². The maximum atomic E-state index is 11.9. The first-order chi connectivity index (χ1) is 9.25. The summed E-state index contributed by atoms with van der Waals surface area (Å²) in [5.74, 6) is 0. The molecular formula is C16H21NO2. The van der Waals surface area contributed by atoms with E-state index in [4.69, 9.17) is 4.74 Å². The number of amides is 1. The molecule has 1 saturated carbocycles. The van der Waals surface area contributed by atoms with Gasteiger partial charge in [-0.3, -0.25) is 0 Å². The van der Waals surface area contributed by atoms with E-state index >= 15 is 0 Å². The second-order valence-electron chi connectivity index (χ2n) is 5.82. The minimum absolute atomic E-state index is 0.168. The van der Waals surface area contributed by atoms with E-state index < -0.39 is 0 Å². The number of hydrogen-bond acceptors (Lipinski definition) is 2. The first-order valence-corrected chi connectivity index (χ1v) is 7.16. The minimum atomic E-state index is -0.195. The Balaban J connectivity index is 2.00. The van der Waals surface area contributed by atoms with Crippen LogP contribution >= 0.6 is 0 Å². The number of fused-ring (bicyclic) bond motifs is 2. The monoisotopic (exact) mass is 259 g/mol. The Hall–Kier alpha value is -1.51. The molecule has 3 heteroatoms. The third-order valence-electron chi connectivity index (χ3n) is 4.69. The van der Waals surface area contributed by atoms with Gasteiger partial charge < -0.3 is 9.64 Å². The molecule has 1 aliphatic carbocycles. The average molecular weight is 259 g/mol. The molecule has 0 bridgehead atoms. The number of carbonyl (C=O) groups excluding carboxylic acids is 1. The molecule has 1 amide bonds. The summed E-state index contributed by atoms with van der Waals surface area (Å²) < 4.78 is 4.93. The Morgan fingerprint density at radius 2 is 1.95 bits per heavy atom. The Bertz CT molecular complexity index is 477. The molecule has 0 unspecified atom stereocenters. The number of rotatable bonds is 0. The van der Waals surface area contributed by atoms with Crippen molar-refractivity contribution in [2.24, 2.45) is 0 Å². The number of methoxy groups -OCH3 is 1. The largest absolute Gasteiger partial charge is 0.453 e. The molecule has 3 rings (SSSR count). The van der Waals surface area contributed by atoms with Crippen LogP contribution in [0.3, 0.4) is 0 Å². The predicted octanol–water partition coefficient (Wildman–Crippen LogP) is 3.47. The molecule has 102 valence electrons. The van der Waals surface area contributed by atoms with Gasteiger partial charge in [0.15, 0.2) is 0 Å². The van der Waals surface area contributed by atoms with Crippen molar-refractivity contribution >= 4 is 6.09 Å². The van der Waals surface area contributed by atoms with Crippen LogP contribution in [0, 0.1) is 0 Å². The van der Waals surface area contributed by atoms with Gasteiger partial charge in [-0.1, -0.05) is 43.5 Å². The van der Waals surface area contributed by atoms with E-state index in [1.54, 1.807) is 0 Å². The van der Waals surface area contributed by atoms with Crippen molar-refractivity contribution in [2.45, 2.75) is 44.1 Å². The molecule has 3 nitrogen and oxygen atoms in total. The highest BCUT2D eigenvalue weighted by molar-refractivity contribution is 5.68. The van der Waals surface area contributed by atoms with Gasteiger partial charge in [-0.15, -0.1) is 0 Å². The van der Waals surface area contributed by atoms with Crippen LogP contribution in [-0.4, -0.2) is 24.6 Å². The molecule has 2 aliphatic rings. The second kappa shape index (κ2) is 4.87. The van der Waals surface area contributed by atoms with Crippen LogP contribution in [0.4, 0.5) is 4.79 Å². The zero-order valence-corrected chi connectivity index (χ0v) is 11.5. The lowest BCUT2D eigenvalue weighted by atomic mass is 9.66. The Morgan fingerprint density at radius 1 is 1.21 bits per heavy atom. The summed E-state index contributed by atoms with van der Waals surface area (Å²) in [4.78, 5) is 13.8. The number of hydrogen-bond donors (Lipinski definition) is 0. The van der Waals surface area contributed by atoms with Crippen LogP contribution in [0.2, 0.25) is 0 Å². The molecule has 1 aromatic rings. The van der Waals surface area contributed by atoms with Gasteiger partial charge in [0.1, 0.15) is 0 Å². The lowest BCUT2D eigenvalue weighted by molar-refractivity contribution is 0.0923. The summed E-state index contributed by atoms with van der Waals surface area (Å²) in [6.45, 7) is 1.50. The van der Waals surface area contributed by atoms with E-state index in [2.05, 4.69) is 24.3 Å². The van der Waals surface area contributed by atoms with E-state index in [9.17, 15) is 4.79 Å². The van der Waals surface area contributed by atoms with Crippen molar-refractivity contribution in [1.29, 1.82) is 0 Å². The molecule has 0 radical (unpaired) electrons. The fourth-order valence-corrected chi connectivity index (χ4v) is 3.80. The fraction of sp³-hybridized carbons (Fsp3) is 0.562. The number of carbonyl (C=O) groups is 1. The molecule has 0 atom stereocenters. The summed E-state index contributed by atoms with van der Waals surface area (Å²) in [6, 6.07) is 8.61. The topological polar surface area (TPSA) is 29.5 Å². The average Bonchev–Trinajstić information content (AvgIpc) is 2.47. The van der Waals surface area contributed by atoms with E-state index in [0.717, 1.165) is 6.54 Å². The molecule has 1 spiro atoms. The van der Waals surface area contributed by atoms with Gasteiger partial charge in [0.2, 0.25) is 0 Å². The second-order valence-corrected chi connectivity index (χ2v) is 5.82. The third-order valence-corrected chi connectivity index (χ3v) is 4.69. The van der Waals surface area contributed by atoms with E-state index in [0.29, 0.717) is 6.54 Å². The van der Waals surface area contributed by atoms with Crippen molar-refractivity contribution in [1.82, 2.24) is 4.90 Å². The zero-order valence-electron chi connectivity index (χ0n) is 11.5. The Kier molecular flexibility index (Phi) is 3.21. The summed E-state index contributed by atoms with van der Waals surface area (Å²) in [7, 11) is 1.47. The van der Waals surface area contributed by atoms with Crippen LogP contribution in [0.5, 0.6) is 0 Å². The highest BCUT2D eigenvalue weighted by Gasteiger charge is 2.41. The summed E-state index contributed by atoms with van der Waals surface area (Å²) in [6.07, 6.45) is 6.04. The zero-order chi connectivity index (χ0) is 13.3. The van der Waals surface area contributed by atoms with Gasteiger partial charge in [0, 0.05) is 18.5 Å². The number of benzene rings is 1. The minimum Gasteiger partial charge on any atom is -0.453 e. The molecule has 0 aromatic heterocycles. The number of nitrogens with zero attached hydrogens (tertiary/aromatic N) is 1. The first-order valence-electron chi connectivity index (χ1n) is 7.16. The van der Waals surface area contributed by atoms with Crippen LogP contribution < -0.4 is 0 Å². The molecule has 1 fully saturated rings. The van der Waals surface area contributed by atoms with E-state index in [1.807, 2.05) is 4.90 Å². The molecule has 1 heterocycles. The molecule has 0 N–H and O–H groups in total. The van der Waals surface area contributed by atoms with Crippen molar-refractivity contribution in [3.63, 3.8) is 0 Å². The summed E-state index contributed by atoms with van der Waals surface area (Å²) in [5.41, 5.74) is 2.93. The third kappa shape index (κ3) is 2.11. The fourth-order valence-electron chi connectivity index (χ4n) is 3.80. The molecule has 0 saturated heterocycles. The van der Waals surface area contributed by atoms with Crippen molar-refractivity contribution in [3.8, 4) is 0 Å². The highest BCUT2D eigenvalue weighted by atomic mass is 16.5. The maximum Gasteiger partial charge on any atom is 0.409 e. The van der Waals surface area contributed by atoms with E-state index in [-0.39, 0.29) is 11.5 Å².